The minimum Gasteiger partial charge on any atom is -0.491 e. The molecule has 0 radical (unpaired) electrons. The van der Waals surface area contributed by atoms with E-state index in [1.807, 2.05) is 37.3 Å². The van der Waals surface area contributed by atoms with Crippen LogP contribution in [0.15, 0.2) is 42.5 Å². The van der Waals surface area contributed by atoms with Crippen molar-refractivity contribution in [1.82, 2.24) is 4.57 Å². The Balaban J connectivity index is 1.95. The summed E-state index contributed by atoms with van der Waals surface area (Å²) in [4.78, 5) is 11.6. The number of halogens is 1. The lowest BCUT2D eigenvalue weighted by Gasteiger charge is -2.11. The van der Waals surface area contributed by atoms with Gasteiger partial charge in [-0.25, -0.2) is 9.18 Å². The predicted octanol–water partition coefficient (Wildman–Crippen LogP) is 4.74. The van der Waals surface area contributed by atoms with Crippen molar-refractivity contribution >= 4 is 22.7 Å². The summed E-state index contributed by atoms with van der Waals surface area (Å²) in [6.45, 7) is 2.58. The summed E-state index contributed by atoms with van der Waals surface area (Å²) in [6.07, 6.45) is -0.716. The molecule has 0 atom stereocenters. The summed E-state index contributed by atoms with van der Waals surface area (Å²) in [5.74, 6) is 0.708. The van der Waals surface area contributed by atoms with Gasteiger partial charge in [0.1, 0.15) is 31.7 Å². The van der Waals surface area contributed by atoms with Crippen LogP contribution in [-0.4, -0.2) is 44.3 Å². The highest BCUT2D eigenvalue weighted by molar-refractivity contribution is 5.95. The number of aromatic nitrogens is 1. The second-order valence-electron chi connectivity index (χ2n) is 6.63. The molecule has 0 saturated carbocycles. The lowest BCUT2D eigenvalue weighted by molar-refractivity contribution is 0.146. The number of ether oxygens (including phenoxy) is 3. The number of rotatable bonds is 9. The molecule has 3 rings (SSSR count). The molecular formula is C23H24FN3O4. The zero-order chi connectivity index (χ0) is 22.2. The van der Waals surface area contributed by atoms with Crippen molar-refractivity contribution in [2.45, 2.75) is 13.5 Å². The number of benzene rings is 2. The largest absolute Gasteiger partial charge is 0.491 e. The van der Waals surface area contributed by atoms with Gasteiger partial charge in [0, 0.05) is 30.8 Å². The molecule has 0 fully saturated rings. The fraction of sp³-hybridized carbons (Fsp3) is 0.304. The molecule has 8 heteroatoms. The van der Waals surface area contributed by atoms with Crippen molar-refractivity contribution in [2.24, 2.45) is 0 Å². The predicted molar refractivity (Wildman–Crippen MR) is 116 cm³/mol. The van der Waals surface area contributed by atoms with E-state index in [4.69, 9.17) is 9.47 Å². The SMILES string of the molecule is CCn1c(-c2ccc(NC(=O)OCCF)cc2)c(C#N)c2ccc(OCCOC)cc21. The maximum absolute atomic E-state index is 12.1. The van der Waals surface area contributed by atoms with Gasteiger partial charge in [0.25, 0.3) is 0 Å². The molecule has 7 nitrogen and oxygen atoms in total. The van der Waals surface area contributed by atoms with Gasteiger partial charge in [0.2, 0.25) is 0 Å². The maximum Gasteiger partial charge on any atom is 0.411 e. The molecule has 2 aromatic carbocycles. The number of hydrogen-bond acceptors (Lipinski definition) is 5. The van der Waals surface area contributed by atoms with Crippen LogP contribution >= 0.6 is 0 Å². The molecule has 1 heterocycles. The lowest BCUT2D eigenvalue weighted by atomic mass is 10.1. The van der Waals surface area contributed by atoms with Crippen molar-refractivity contribution < 1.29 is 23.4 Å². The second-order valence-corrected chi connectivity index (χ2v) is 6.63. The first kappa shape index (κ1) is 22.1. The topological polar surface area (TPSA) is 85.5 Å². The second kappa shape index (κ2) is 10.5. The van der Waals surface area contributed by atoms with Crippen molar-refractivity contribution in [3.05, 3.63) is 48.0 Å². The number of amides is 1. The molecule has 0 unspecified atom stereocenters. The van der Waals surface area contributed by atoms with E-state index in [-0.39, 0.29) is 6.61 Å². The average molecular weight is 425 g/mol. The number of anilines is 1. The molecule has 0 aliphatic rings. The Kier molecular flexibility index (Phi) is 7.46. The average Bonchev–Trinajstić information content (AvgIpc) is 3.11. The minimum atomic E-state index is -0.732. The number of nitrogens with one attached hydrogen (secondary N) is 1. The normalized spacial score (nSPS) is 10.6. The number of nitrogens with zero attached hydrogens (tertiary/aromatic N) is 2. The number of fused-ring (bicyclic) bond motifs is 1. The van der Waals surface area contributed by atoms with Gasteiger partial charge in [-0.3, -0.25) is 5.32 Å². The fourth-order valence-corrected chi connectivity index (χ4v) is 3.40. The molecule has 0 aliphatic carbocycles. The van der Waals surface area contributed by atoms with Crippen LogP contribution in [0.2, 0.25) is 0 Å². The van der Waals surface area contributed by atoms with Gasteiger partial charge in [-0.05, 0) is 36.8 Å². The first-order valence-corrected chi connectivity index (χ1v) is 9.91. The standard InChI is InChI=1S/C23H24FN3O4/c1-3-27-21-14-18(30-13-12-29-2)8-9-19(21)20(15-25)22(27)16-4-6-17(7-5-16)26-23(28)31-11-10-24/h4-9,14H,3,10-13H2,1-2H3,(H,26,28). The minimum absolute atomic E-state index is 0.288. The fourth-order valence-electron chi connectivity index (χ4n) is 3.40. The Hall–Kier alpha value is -3.57. The lowest BCUT2D eigenvalue weighted by Crippen LogP contribution is -2.14. The van der Waals surface area contributed by atoms with Crippen LogP contribution in [0.5, 0.6) is 5.75 Å². The van der Waals surface area contributed by atoms with Gasteiger partial charge in [-0.1, -0.05) is 12.1 Å². The van der Waals surface area contributed by atoms with Crippen LogP contribution in [-0.2, 0) is 16.0 Å². The number of methoxy groups -OCH3 is 1. The summed E-state index contributed by atoms with van der Waals surface area (Å²) < 4.78 is 29.6. The molecular weight excluding hydrogens is 401 g/mol. The van der Waals surface area contributed by atoms with Gasteiger partial charge in [-0.15, -0.1) is 0 Å². The van der Waals surface area contributed by atoms with Gasteiger partial charge in [0.15, 0.2) is 0 Å². The Morgan fingerprint density at radius 3 is 2.58 bits per heavy atom. The van der Waals surface area contributed by atoms with E-state index in [9.17, 15) is 14.4 Å². The summed E-state index contributed by atoms with van der Waals surface area (Å²) in [6, 6.07) is 15.1. The molecule has 0 bridgehead atoms. The third-order valence-corrected chi connectivity index (χ3v) is 4.74. The Morgan fingerprint density at radius 1 is 1.16 bits per heavy atom. The molecule has 1 N–H and O–H groups in total. The highest BCUT2D eigenvalue weighted by Crippen LogP contribution is 2.35. The third kappa shape index (κ3) is 4.95. The molecule has 162 valence electrons. The van der Waals surface area contributed by atoms with E-state index in [0.717, 1.165) is 22.2 Å². The zero-order valence-electron chi connectivity index (χ0n) is 17.5. The van der Waals surface area contributed by atoms with E-state index in [1.165, 1.54) is 0 Å². The number of nitriles is 1. The Labute approximate surface area is 179 Å². The summed E-state index contributed by atoms with van der Waals surface area (Å²) >= 11 is 0. The first-order valence-electron chi connectivity index (χ1n) is 9.91. The number of carbonyl (C=O) groups is 1. The highest BCUT2D eigenvalue weighted by Gasteiger charge is 2.18. The van der Waals surface area contributed by atoms with Crippen LogP contribution in [0.3, 0.4) is 0 Å². The Morgan fingerprint density at radius 2 is 1.94 bits per heavy atom. The van der Waals surface area contributed by atoms with Crippen molar-refractivity contribution in [2.75, 3.05) is 38.9 Å². The van der Waals surface area contributed by atoms with Crippen LogP contribution in [0.1, 0.15) is 12.5 Å². The number of alkyl halides is 1. The van der Waals surface area contributed by atoms with E-state index >= 15 is 0 Å². The zero-order valence-corrected chi connectivity index (χ0v) is 17.5. The van der Waals surface area contributed by atoms with Crippen molar-refractivity contribution in [3.8, 4) is 23.1 Å². The van der Waals surface area contributed by atoms with E-state index in [0.29, 0.717) is 36.8 Å². The van der Waals surface area contributed by atoms with Gasteiger partial charge >= 0.3 is 6.09 Å². The molecule has 1 aromatic heterocycles. The quantitative estimate of drug-likeness (QED) is 0.501. The van der Waals surface area contributed by atoms with E-state index in [2.05, 4.69) is 20.7 Å². The highest BCUT2D eigenvalue weighted by atomic mass is 19.1. The first-order chi connectivity index (χ1) is 15.1. The van der Waals surface area contributed by atoms with Crippen LogP contribution in [0.4, 0.5) is 14.9 Å². The Bertz CT molecular complexity index is 1090. The van der Waals surface area contributed by atoms with Gasteiger partial charge < -0.3 is 18.8 Å². The number of hydrogen-bond donors (Lipinski definition) is 1. The third-order valence-electron chi connectivity index (χ3n) is 4.74. The molecule has 31 heavy (non-hydrogen) atoms. The molecule has 1 amide bonds. The van der Waals surface area contributed by atoms with Gasteiger partial charge in [-0.2, -0.15) is 5.26 Å². The van der Waals surface area contributed by atoms with Gasteiger partial charge in [0.05, 0.1) is 23.4 Å². The molecule has 0 spiro atoms. The summed E-state index contributed by atoms with van der Waals surface area (Å²) in [5.41, 5.74) is 3.61. The van der Waals surface area contributed by atoms with E-state index < -0.39 is 12.8 Å². The summed E-state index contributed by atoms with van der Waals surface area (Å²) in [7, 11) is 1.62. The molecule has 0 aliphatic heterocycles. The van der Waals surface area contributed by atoms with E-state index in [1.54, 1.807) is 19.2 Å². The maximum atomic E-state index is 12.1. The van der Waals surface area contributed by atoms with Crippen LogP contribution in [0.25, 0.3) is 22.2 Å². The summed E-state index contributed by atoms with van der Waals surface area (Å²) in [5, 5.41) is 13.3. The van der Waals surface area contributed by atoms with Crippen molar-refractivity contribution in [1.29, 1.82) is 5.26 Å². The smallest absolute Gasteiger partial charge is 0.411 e. The van der Waals surface area contributed by atoms with Crippen molar-refractivity contribution in [3.63, 3.8) is 0 Å². The number of aryl methyl sites for hydroxylation is 1. The number of carbonyl (C=O) groups excluding carboxylic acids is 1. The van der Waals surface area contributed by atoms with Crippen LogP contribution in [0, 0.1) is 11.3 Å². The monoisotopic (exact) mass is 425 g/mol. The molecule has 3 aromatic rings. The van der Waals surface area contributed by atoms with Crippen LogP contribution < -0.4 is 10.1 Å². The molecule has 0 saturated heterocycles.